The second-order valence-electron chi connectivity index (χ2n) is 5.75. The van der Waals surface area contributed by atoms with Crippen molar-refractivity contribution in [2.75, 3.05) is 75.8 Å². The first-order valence-corrected chi connectivity index (χ1v) is 8.16. The highest BCUT2D eigenvalue weighted by Gasteiger charge is 2.18. The summed E-state index contributed by atoms with van der Waals surface area (Å²) in [6, 6.07) is 1.89. The van der Waals surface area contributed by atoms with Crippen LogP contribution in [0.2, 0.25) is 0 Å². The van der Waals surface area contributed by atoms with E-state index in [-0.39, 0.29) is 0 Å². The van der Waals surface area contributed by atoms with E-state index in [4.69, 9.17) is 4.74 Å². The highest BCUT2D eigenvalue weighted by atomic mass is 16.5. The van der Waals surface area contributed by atoms with E-state index >= 15 is 0 Å². The van der Waals surface area contributed by atoms with Crippen molar-refractivity contribution in [3.05, 3.63) is 12.3 Å². The third-order valence-corrected chi connectivity index (χ3v) is 4.23. The third kappa shape index (κ3) is 4.52. The van der Waals surface area contributed by atoms with Crippen molar-refractivity contribution in [3.63, 3.8) is 0 Å². The Bertz CT molecular complexity index is 500. The molecule has 0 aliphatic carbocycles. The Labute approximate surface area is 136 Å². The largest absolute Gasteiger partial charge is 0.379 e. The molecule has 0 aromatic carbocycles. The first kappa shape index (κ1) is 15.9. The predicted molar refractivity (Wildman–Crippen MR) is 87.6 cm³/mol. The Morgan fingerprint density at radius 2 is 1.96 bits per heavy atom. The minimum absolute atomic E-state index is 0.724. The van der Waals surface area contributed by atoms with Crippen molar-refractivity contribution in [3.8, 4) is 0 Å². The number of hydrogen-bond donors (Lipinski definition) is 1. The molecule has 2 saturated heterocycles. The van der Waals surface area contributed by atoms with Crippen LogP contribution >= 0.6 is 0 Å². The molecule has 0 atom stereocenters. The van der Waals surface area contributed by atoms with Crippen molar-refractivity contribution in [1.29, 1.82) is 0 Å². The van der Waals surface area contributed by atoms with E-state index in [1.165, 1.54) is 0 Å². The zero-order valence-electron chi connectivity index (χ0n) is 13.4. The van der Waals surface area contributed by atoms with Crippen LogP contribution in [0.25, 0.3) is 0 Å². The van der Waals surface area contributed by atoms with Gasteiger partial charge in [0.15, 0.2) is 0 Å². The van der Waals surface area contributed by atoms with Gasteiger partial charge in [-0.2, -0.15) is 4.98 Å². The Hall–Kier alpha value is -1.93. The van der Waals surface area contributed by atoms with Gasteiger partial charge in [-0.3, -0.25) is 9.69 Å². The first-order chi connectivity index (χ1) is 11.3. The number of rotatable bonds is 6. The van der Waals surface area contributed by atoms with Crippen molar-refractivity contribution in [2.24, 2.45) is 0 Å². The van der Waals surface area contributed by atoms with Gasteiger partial charge in [-0.05, 0) is 6.07 Å². The van der Waals surface area contributed by atoms with Crippen molar-refractivity contribution in [2.45, 2.75) is 0 Å². The van der Waals surface area contributed by atoms with Gasteiger partial charge in [0.05, 0.1) is 13.2 Å². The number of ether oxygens (including phenoxy) is 1. The lowest BCUT2D eigenvalue weighted by molar-refractivity contribution is -0.118. The molecule has 1 aromatic heterocycles. The molecule has 8 heteroatoms. The monoisotopic (exact) mass is 320 g/mol. The maximum atomic E-state index is 10.8. The van der Waals surface area contributed by atoms with Gasteiger partial charge in [0.2, 0.25) is 12.4 Å². The summed E-state index contributed by atoms with van der Waals surface area (Å²) in [5.41, 5.74) is 0. The van der Waals surface area contributed by atoms with Crippen molar-refractivity contribution in [1.82, 2.24) is 19.8 Å². The molecule has 2 aliphatic rings. The Kier molecular flexibility index (Phi) is 5.60. The average Bonchev–Trinajstić information content (AvgIpc) is 2.63. The van der Waals surface area contributed by atoms with E-state index in [9.17, 15) is 4.79 Å². The van der Waals surface area contributed by atoms with Crippen LogP contribution in [0.5, 0.6) is 0 Å². The number of anilines is 2. The van der Waals surface area contributed by atoms with E-state index in [2.05, 4.69) is 25.1 Å². The van der Waals surface area contributed by atoms with E-state index < -0.39 is 0 Å². The van der Waals surface area contributed by atoms with Crippen LogP contribution in [0.4, 0.5) is 11.8 Å². The number of piperazine rings is 1. The first-order valence-electron chi connectivity index (χ1n) is 8.16. The number of nitrogens with zero attached hydrogens (tertiary/aromatic N) is 5. The van der Waals surface area contributed by atoms with Gasteiger partial charge in [-0.25, -0.2) is 4.98 Å². The molecule has 3 heterocycles. The fourth-order valence-corrected chi connectivity index (χ4v) is 2.79. The van der Waals surface area contributed by atoms with Crippen LogP contribution in [0, 0.1) is 0 Å². The molecular weight excluding hydrogens is 296 g/mol. The van der Waals surface area contributed by atoms with Crippen LogP contribution in [0.1, 0.15) is 0 Å². The molecule has 1 aromatic rings. The average molecular weight is 320 g/mol. The number of hydrogen-bond acceptors (Lipinski definition) is 7. The predicted octanol–water partition coefficient (Wildman–Crippen LogP) is -0.501. The molecule has 3 rings (SSSR count). The van der Waals surface area contributed by atoms with E-state index in [1.54, 1.807) is 11.1 Å². The lowest BCUT2D eigenvalue weighted by Gasteiger charge is -2.32. The lowest BCUT2D eigenvalue weighted by atomic mass is 10.3. The van der Waals surface area contributed by atoms with Crippen LogP contribution < -0.4 is 10.2 Å². The summed E-state index contributed by atoms with van der Waals surface area (Å²) in [7, 11) is 0. The summed E-state index contributed by atoms with van der Waals surface area (Å²) in [5, 5.41) is 3.36. The molecular formula is C15H24N6O2. The summed E-state index contributed by atoms with van der Waals surface area (Å²) >= 11 is 0. The zero-order chi connectivity index (χ0) is 15.9. The molecule has 0 unspecified atom stereocenters. The minimum Gasteiger partial charge on any atom is -0.379 e. The summed E-state index contributed by atoms with van der Waals surface area (Å²) in [5.74, 6) is 1.58. The molecule has 0 bridgehead atoms. The smallest absolute Gasteiger partial charge is 0.227 e. The molecule has 0 saturated carbocycles. The van der Waals surface area contributed by atoms with Gasteiger partial charge >= 0.3 is 0 Å². The quantitative estimate of drug-likeness (QED) is 0.708. The highest BCUT2D eigenvalue weighted by Crippen LogP contribution is 2.13. The van der Waals surface area contributed by atoms with Gasteiger partial charge in [-0.15, -0.1) is 0 Å². The minimum atomic E-state index is 0.724. The van der Waals surface area contributed by atoms with Crippen LogP contribution in [0.15, 0.2) is 12.3 Å². The summed E-state index contributed by atoms with van der Waals surface area (Å²) < 4.78 is 5.35. The molecule has 1 N–H and O–H groups in total. The number of carbonyl (C=O) groups is 1. The number of nitrogens with one attached hydrogen (secondary N) is 1. The number of aromatic nitrogens is 2. The van der Waals surface area contributed by atoms with Crippen LogP contribution in [-0.4, -0.2) is 91.7 Å². The molecule has 2 aliphatic heterocycles. The van der Waals surface area contributed by atoms with E-state index in [0.29, 0.717) is 0 Å². The van der Waals surface area contributed by atoms with Gasteiger partial charge in [0, 0.05) is 58.6 Å². The van der Waals surface area contributed by atoms with Crippen LogP contribution in [-0.2, 0) is 9.53 Å². The third-order valence-electron chi connectivity index (χ3n) is 4.23. The summed E-state index contributed by atoms with van der Waals surface area (Å²) in [6.45, 7) is 8.48. The second-order valence-corrected chi connectivity index (χ2v) is 5.75. The van der Waals surface area contributed by atoms with Crippen LogP contribution in [0.3, 0.4) is 0 Å². The molecule has 23 heavy (non-hydrogen) atoms. The summed E-state index contributed by atoms with van der Waals surface area (Å²) in [6.07, 6.45) is 2.69. The second kappa shape index (κ2) is 8.07. The molecule has 8 nitrogen and oxygen atoms in total. The number of morpholine rings is 1. The summed E-state index contributed by atoms with van der Waals surface area (Å²) in [4.78, 5) is 26.0. The number of carbonyl (C=O) groups excluding carboxylic acids is 1. The lowest BCUT2D eigenvalue weighted by Crippen LogP contribution is -2.46. The zero-order valence-corrected chi connectivity index (χ0v) is 13.4. The van der Waals surface area contributed by atoms with E-state index in [1.807, 2.05) is 6.07 Å². The fourth-order valence-electron chi connectivity index (χ4n) is 2.79. The topological polar surface area (TPSA) is 73.8 Å². The maximum absolute atomic E-state index is 10.8. The van der Waals surface area contributed by atoms with Gasteiger partial charge in [0.25, 0.3) is 0 Å². The molecule has 0 spiro atoms. The normalized spacial score (nSPS) is 19.7. The maximum Gasteiger partial charge on any atom is 0.227 e. The van der Waals surface area contributed by atoms with Crippen molar-refractivity contribution < 1.29 is 9.53 Å². The highest BCUT2D eigenvalue weighted by molar-refractivity contribution is 5.48. The Morgan fingerprint density at radius 1 is 1.17 bits per heavy atom. The van der Waals surface area contributed by atoms with Gasteiger partial charge in [0.1, 0.15) is 5.82 Å². The molecule has 1 amide bonds. The van der Waals surface area contributed by atoms with Gasteiger partial charge < -0.3 is 19.9 Å². The van der Waals surface area contributed by atoms with Crippen molar-refractivity contribution >= 4 is 18.2 Å². The Balaban J connectivity index is 1.48. The Morgan fingerprint density at radius 3 is 2.70 bits per heavy atom. The van der Waals surface area contributed by atoms with Gasteiger partial charge in [-0.1, -0.05) is 0 Å². The molecule has 2 fully saturated rings. The molecule has 0 radical (unpaired) electrons. The SMILES string of the molecule is O=CN1CCN(c2nccc(NCCN3CCOCC3)n2)CC1. The molecule has 126 valence electrons. The fraction of sp³-hybridized carbons (Fsp3) is 0.667. The standard InChI is InChI=1S/C15H24N6O2/c22-13-20-5-7-21(8-6-20)15-17-2-1-14(18-15)16-3-4-19-9-11-23-12-10-19/h1-2,13H,3-12H2,(H,16,17,18). The number of amides is 1. The van der Waals surface area contributed by atoms with E-state index in [0.717, 1.165) is 83.7 Å².